The molecule has 1 N–H and O–H groups in total. The number of aliphatic imine (C=N–C) groups is 1. The molecule has 0 unspecified atom stereocenters. The number of rotatable bonds is 3. The van der Waals surface area contributed by atoms with E-state index in [0.29, 0.717) is 22.9 Å². The molecule has 1 aromatic heterocycles. The summed E-state index contributed by atoms with van der Waals surface area (Å²) >= 11 is 1.33. The molecular weight excluding hydrogens is 465 g/mol. The summed E-state index contributed by atoms with van der Waals surface area (Å²) in [5.74, 6) is -2.07. The van der Waals surface area contributed by atoms with Crippen molar-refractivity contribution in [1.82, 2.24) is 15.1 Å². The number of hydrogen-bond donors (Lipinski definition) is 1. The number of ether oxygens (including phenoxy) is 1. The Labute approximate surface area is 198 Å². The summed E-state index contributed by atoms with van der Waals surface area (Å²) in [6.45, 7) is -0.0772. The van der Waals surface area contributed by atoms with Crippen molar-refractivity contribution in [2.24, 2.45) is 18.0 Å². The fraction of sp³-hybridized carbons (Fsp3) is 0.292. The fourth-order valence-corrected chi connectivity index (χ4v) is 5.66. The normalized spacial score (nSPS) is 24.3. The highest BCUT2D eigenvalue weighted by atomic mass is 32.2. The number of amidine groups is 1. The van der Waals surface area contributed by atoms with Gasteiger partial charge in [0.25, 0.3) is 5.91 Å². The first-order valence-electron chi connectivity index (χ1n) is 10.7. The lowest BCUT2D eigenvalue weighted by atomic mass is 9.74. The maximum atomic E-state index is 15.0. The molecule has 5 rings (SSSR count). The number of amides is 1. The number of hydrogen-bond acceptors (Lipinski definition) is 5. The van der Waals surface area contributed by atoms with Crippen LogP contribution in [-0.2, 0) is 17.3 Å². The molecule has 1 amide bonds. The quantitative estimate of drug-likeness (QED) is 0.598. The fourth-order valence-electron chi connectivity index (χ4n) is 4.50. The molecule has 2 aliphatic rings. The zero-order valence-electron chi connectivity index (χ0n) is 18.2. The van der Waals surface area contributed by atoms with E-state index < -0.39 is 29.1 Å². The van der Waals surface area contributed by atoms with Gasteiger partial charge < -0.3 is 10.1 Å². The number of carbonyl (C=O) groups excluding carboxylic acids is 1. The molecule has 10 heteroatoms. The Morgan fingerprint density at radius 2 is 1.97 bits per heavy atom. The minimum Gasteiger partial charge on any atom is -0.369 e. The molecule has 2 aromatic carbocycles. The zero-order valence-corrected chi connectivity index (χ0v) is 19.0. The van der Waals surface area contributed by atoms with Crippen molar-refractivity contribution in [3.05, 3.63) is 89.0 Å². The third-order valence-corrected chi connectivity index (χ3v) is 7.21. The highest BCUT2D eigenvalue weighted by Gasteiger charge is 2.50. The number of aromatic nitrogens is 2. The van der Waals surface area contributed by atoms with Gasteiger partial charge in [0.2, 0.25) is 0 Å². The van der Waals surface area contributed by atoms with Gasteiger partial charge in [0.1, 0.15) is 29.0 Å². The Kier molecular flexibility index (Phi) is 5.95. The van der Waals surface area contributed by atoms with Crippen LogP contribution >= 0.6 is 11.8 Å². The van der Waals surface area contributed by atoms with Gasteiger partial charge in [0.05, 0.1) is 12.8 Å². The standard InChI is InChI=1S/C24H21F3N4O2S/c1-31-11-19(27)21(30-31)20-9-15-12-34-23(28-22(32)14-5-3-2-4-6-14)29-24(15,13-33-20)17-8-7-16(25)10-18(17)26/h2-8,10-11,15,20H,9,12-13H2,1H3,(H,28,29,32)/t15-,20+,24-/m0/s1. The summed E-state index contributed by atoms with van der Waals surface area (Å²) in [6, 6.07) is 12.0. The van der Waals surface area contributed by atoms with Gasteiger partial charge in [-0.05, 0) is 24.6 Å². The predicted octanol–water partition coefficient (Wildman–Crippen LogP) is 4.34. The first-order valence-corrected chi connectivity index (χ1v) is 11.7. The van der Waals surface area contributed by atoms with E-state index in [9.17, 15) is 13.6 Å². The minimum atomic E-state index is -1.20. The Bertz CT molecular complexity index is 1270. The SMILES string of the molecule is Cn1cc(F)c([C@H]2C[C@H]3CSC(NC(=O)c4ccccc4)=N[C@@]3(c3ccc(F)cc3F)CO2)n1. The second-order valence-corrected chi connectivity index (χ2v) is 9.37. The Hall–Kier alpha value is -3.11. The highest BCUT2D eigenvalue weighted by molar-refractivity contribution is 8.13. The van der Waals surface area contributed by atoms with E-state index in [1.807, 2.05) is 0 Å². The Balaban J connectivity index is 1.50. The molecule has 0 radical (unpaired) electrons. The summed E-state index contributed by atoms with van der Waals surface area (Å²) in [4.78, 5) is 17.4. The van der Waals surface area contributed by atoms with Crippen molar-refractivity contribution in [1.29, 1.82) is 0 Å². The minimum absolute atomic E-state index is 0.0772. The molecule has 3 atom stereocenters. The van der Waals surface area contributed by atoms with Crippen LogP contribution in [0.2, 0.25) is 0 Å². The van der Waals surface area contributed by atoms with E-state index in [2.05, 4.69) is 10.4 Å². The van der Waals surface area contributed by atoms with Gasteiger partial charge in [-0.3, -0.25) is 9.48 Å². The summed E-state index contributed by atoms with van der Waals surface area (Å²) in [5, 5.41) is 7.29. The van der Waals surface area contributed by atoms with Gasteiger partial charge in [0.15, 0.2) is 11.0 Å². The second kappa shape index (κ2) is 8.92. The second-order valence-electron chi connectivity index (χ2n) is 8.36. The van der Waals surface area contributed by atoms with Crippen LogP contribution in [0.15, 0.2) is 59.7 Å². The number of nitrogens with zero attached hydrogens (tertiary/aromatic N) is 3. The summed E-state index contributed by atoms with van der Waals surface area (Å²) < 4.78 is 50.4. The lowest BCUT2D eigenvalue weighted by Gasteiger charge is -2.46. The molecule has 0 saturated carbocycles. The highest BCUT2D eigenvalue weighted by Crippen LogP contribution is 2.49. The average Bonchev–Trinajstić information content (AvgIpc) is 3.16. The van der Waals surface area contributed by atoms with E-state index in [-0.39, 0.29) is 29.7 Å². The van der Waals surface area contributed by atoms with Gasteiger partial charge in [-0.15, -0.1) is 0 Å². The van der Waals surface area contributed by atoms with Gasteiger partial charge in [-0.1, -0.05) is 36.0 Å². The van der Waals surface area contributed by atoms with E-state index in [1.54, 1.807) is 37.4 Å². The van der Waals surface area contributed by atoms with Crippen molar-refractivity contribution in [3.8, 4) is 0 Å². The van der Waals surface area contributed by atoms with Crippen molar-refractivity contribution in [2.75, 3.05) is 12.4 Å². The predicted molar refractivity (Wildman–Crippen MR) is 122 cm³/mol. The van der Waals surface area contributed by atoms with Crippen LogP contribution in [-0.4, -0.2) is 33.2 Å². The first-order chi connectivity index (χ1) is 16.4. The number of halogens is 3. The van der Waals surface area contributed by atoms with Crippen LogP contribution in [0.4, 0.5) is 13.2 Å². The van der Waals surface area contributed by atoms with Gasteiger partial charge in [-0.25, -0.2) is 18.2 Å². The third kappa shape index (κ3) is 4.12. The molecule has 1 fully saturated rings. The number of carbonyl (C=O) groups is 1. The van der Waals surface area contributed by atoms with E-state index in [1.165, 1.54) is 34.8 Å². The van der Waals surface area contributed by atoms with Crippen LogP contribution in [0.3, 0.4) is 0 Å². The largest absolute Gasteiger partial charge is 0.369 e. The first kappa shape index (κ1) is 22.7. The van der Waals surface area contributed by atoms with Crippen LogP contribution in [0.25, 0.3) is 0 Å². The summed E-state index contributed by atoms with van der Waals surface area (Å²) in [6.07, 6.45) is 0.978. The molecule has 3 aromatic rings. The monoisotopic (exact) mass is 486 g/mol. The molecule has 0 bridgehead atoms. The van der Waals surface area contributed by atoms with Crippen molar-refractivity contribution >= 4 is 22.8 Å². The van der Waals surface area contributed by atoms with Crippen LogP contribution in [0, 0.1) is 23.4 Å². The van der Waals surface area contributed by atoms with Gasteiger partial charge >= 0.3 is 0 Å². The van der Waals surface area contributed by atoms with Crippen LogP contribution in [0.5, 0.6) is 0 Å². The smallest absolute Gasteiger partial charge is 0.257 e. The van der Waals surface area contributed by atoms with Crippen molar-refractivity contribution < 1.29 is 22.7 Å². The molecule has 176 valence electrons. The number of aryl methyl sites for hydroxylation is 1. The molecule has 3 heterocycles. The number of benzene rings is 2. The summed E-state index contributed by atoms with van der Waals surface area (Å²) in [7, 11) is 1.62. The molecule has 0 spiro atoms. The average molecular weight is 487 g/mol. The maximum absolute atomic E-state index is 15.0. The lowest BCUT2D eigenvalue weighted by Crippen LogP contribution is -2.49. The van der Waals surface area contributed by atoms with Gasteiger partial charge in [0, 0.05) is 35.9 Å². The molecule has 34 heavy (non-hydrogen) atoms. The molecule has 0 aliphatic carbocycles. The molecule has 2 aliphatic heterocycles. The zero-order chi connectivity index (χ0) is 23.9. The lowest BCUT2D eigenvalue weighted by molar-refractivity contribution is -0.0622. The number of fused-ring (bicyclic) bond motifs is 1. The van der Waals surface area contributed by atoms with Crippen LogP contribution < -0.4 is 5.32 Å². The Morgan fingerprint density at radius 1 is 1.18 bits per heavy atom. The maximum Gasteiger partial charge on any atom is 0.257 e. The molecule has 1 saturated heterocycles. The van der Waals surface area contributed by atoms with Crippen LogP contribution in [0.1, 0.15) is 34.1 Å². The number of thioether (sulfide) groups is 1. The number of nitrogens with one attached hydrogen (secondary N) is 1. The summed E-state index contributed by atoms with van der Waals surface area (Å²) in [5.41, 5.74) is -0.386. The third-order valence-electron chi connectivity index (χ3n) is 6.17. The van der Waals surface area contributed by atoms with Gasteiger partial charge in [-0.2, -0.15) is 5.10 Å². The molecular formula is C24H21F3N4O2S. The van der Waals surface area contributed by atoms with E-state index in [4.69, 9.17) is 9.73 Å². The van der Waals surface area contributed by atoms with Crippen molar-refractivity contribution in [2.45, 2.75) is 18.1 Å². The van der Waals surface area contributed by atoms with Crippen molar-refractivity contribution in [3.63, 3.8) is 0 Å². The van der Waals surface area contributed by atoms with E-state index >= 15 is 4.39 Å². The van der Waals surface area contributed by atoms with E-state index in [0.717, 1.165) is 6.07 Å². The topological polar surface area (TPSA) is 68.5 Å². The Morgan fingerprint density at radius 3 is 2.68 bits per heavy atom. The molecule has 6 nitrogen and oxygen atoms in total.